The number of anilines is 1. The van der Waals surface area contributed by atoms with Crippen LogP contribution in [0.25, 0.3) is 0 Å². The topological polar surface area (TPSA) is 96.0 Å². The van der Waals surface area contributed by atoms with E-state index in [1.807, 2.05) is 37.3 Å². The van der Waals surface area contributed by atoms with Crippen LogP contribution in [0.3, 0.4) is 0 Å². The predicted molar refractivity (Wildman–Crippen MR) is 183 cm³/mol. The van der Waals surface area contributed by atoms with E-state index in [1.54, 1.807) is 60.7 Å². The monoisotopic (exact) mass is 681 g/mol. The number of methoxy groups -OCH3 is 1. The minimum atomic E-state index is -4.22. The van der Waals surface area contributed by atoms with Crippen LogP contribution in [-0.2, 0) is 32.6 Å². The number of hydrogen-bond acceptors (Lipinski definition) is 5. The molecule has 0 radical (unpaired) electrons. The molecule has 0 saturated carbocycles. The maximum atomic E-state index is 14.6. The summed E-state index contributed by atoms with van der Waals surface area (Å²) in [6, 6.07) is 27.6. The van der Waals surface area contributed by atoms with Gasteiger partial charge < -0.3 is 15.0 Å². The van der Waals surface area contributed by atoms with E-state index in [0.717, 1.165) is 22.7 Å². The van der Waals surface area contributed by atoms with Gasteiger partial charge in [0.15, 0.2) is 0 Å². The molecule has 1 atom stereocenters. The van der Waals surface area contributed by atoms with Crippen LogP contribution in [0.2, 0.25) is 10.0 Å². The van der Waals surface area contributed by atoms with Crippen molar-refractivity contribution in [3.8, 4) is 5.75 Å². The summed E-state index contributed by atoms with van der Waals surface area (Å²) in [5.41, 5.74) is 1.52. The summed E-state index contributed by atoms with van der Waals surface area (Å²) >= 11 is 13.1. The van der Waals surface area contributed by atoms with Gasteiger partial charge in [-0.25, -0.2) is 8.42 Å². The fraction of sp³-hybridized carbons (Fsp3) is 0.257. The number of carbonyl (C=O) groups excluding carboxylic acids is 2. The molecule has 11 heteroatoms. The Morgan fingerprint density at radius 2 is 1.46 bits per heavy atom. The van der Waals surface area contributed by atoms with Crippen LogP contribution < -0.4 is 14.4 Å². The number of sulfonamides is 1. The molecular formula is C35H37Cl2N3O5S. The number of rotatable bonds is 15. The van der Waals surface area contributed by atoms with Crippen LogP contribution in [0.4, 0.5) is 5.69 Å². The van der Waals surface area contributed by atoms with Gasteiger partial charge in [0.1, 0.15) is 18.3 Å². The minimum absolute atomic E-state index is 0.0115. The first-order valence-corrected chi connectivity index (χ1v) is 17.1. The van der Waals surface area contributed by atoms with E-state index >= 15 is 0 Å². The SMILES string of the molecule is CCCCNC(=O)C(Cc1ccccc1)N(Cc1c(Cl)cccc1Cl)C(=O)CN(c1ccc(OC)cc1)S(=O)(=O)c1ccccc1. The quantitative estimate of drug-likeness (QED) is 0.140. The first-order chi connectivity index (χ1) is 22.1. The van der Waals surface area contributed by atoms with Crippen molar-refractivity contribution in [1.29, 1.82) is 0 Å². The van der Waals surface area contributed by atoms with Crippen LogP contribution in [0, 0.1) is 0 Å². The molecule has 0 aliphatic carbocycles. The van der Waals surface area contributed by atoms with Crippen LogP contribution in [0.5, 0.6) is 5.75 Å². The summed E-state index contributed by atoms with van der Waals surface area (Å²) in [4.78, 5) is 29.8. The van der Waals surface area contributed by atoms with E-state index in [9.17, 15) is 18.0 Å². The Balaban J connectivity index is 1.81. The average molecular weight is 683 g/mol. The second-order valence-corrected chi connectivity index (χ2v) is 13.3. The molecular weight excluding hydrogens is 645 g/mol. The van der Waals surface area contributed by atoms with Gasteiger partial charge in [-0.1, -0.05) is 91.1 Å². The van der Waals surface area contributed by atoms with Crippen molar-refractivity contribution in [1.82, 2.24) is 10.2 Å². The Labute approximate surface area is 280 Å². The molecule has 4 aromatic carbocycles. The lowest BCUT2D eigenvalue weighted by Gasteiger charge is -2.34. The highest BCUT2D eigenvalue weighted by Crippen LogP contribution is 2.29. The van der Waals surface area contributed by atoms with Gasteiger partial charge in [0, 0.05) is 35.1 Å². The zero-order valence-electron chi connectivity index (χ0n) is 25.7. The standard InChI is InChI=1S/C35H37Cl2N3O5S/c1-3-4-22-38-35(42)33(23-26-12-7-5-8-13-26)39(24-30-31(36)16-11-17-32(30)37)34(41)25-40(27-18-20-28(45-2)21-19-27)46(43,44)29-14-9-6-10-15-29/h5-21,33H,3-4,22-25H2,1-2H3,(H,38,42). The summed E-state index contributed by atoms with van der Waals surface area (Å²) in [6.07, 6.45) is 1.81. The van der Waals surface area contributed by atoms with Gasteiger partial charge in [-0.05, 0) is 60.5 Å². The Bertz CT molecular complexity index is 1690. The van der Waals surface area contributed by atoms with Crippen LogP contribution in [-0.4, -0.2) is 51.4 Å². The van der Waals surface area contributed by atoms with Gasteiger partial charge in [-0.2, -0.15) is 0 Å². The third-order valence-corrected chi connectivity index (χ3v) is 9.96. The van der Waals surface area contributed by atoms with Crippen molar-refractivity contribution in [2.45, 2.75) is 43.7 Å². The molecule has 0 spiro atoms. The maximum Gasteiger partial charge on any atom is 0.264 e. The Morgan fingerprint density at radius 3 is 2.04 bits per heavy atom. The van der Waals surface area contributed by atoms with Crippen LogP contribution in [0.15, 0.2) is 108 Å². The molecule has 0 aliphatic rings. The molecule has 4 aromatic rings. The Morgan fingerprint density at radius 1 is 0.848 bits per heavy atom. The van der Waals surface area contributed by atoms with Gasteiger partial charge in [0.2, 0.25) is 11.8 Å². The third kappa shape index (κ3) is 8.81. The van der Waals surface area contributed by atoms with Crippen molar-refractivity contribution in [2.75, 3.05) is 24.5 Å². The van der Waals surface area contributed by atoms with Crippen LogP contribution in [0.1, 0.15) is 30.9 Å². The van der Waals surface area contributed by atoms with E-state index in [1.165, 1.54) is 24.1 Å². The Kier molecular flexibility index (Phi) is 12.5. The van der Waals surface area contributed by atoms with Gasteiger partial charge in [-0.15, -0.1) is 0 Å². The largest absolute Gasteiger partial charge is 0.497 e. The fourth-order valence-electron chi connectivity index (χ4n) is 4.91. The van der Waals surface area contributed by atoms with Crippen LogP contribution >= 0.6 is 23.2 Å². The molecule has 1 N–H and O–H groups in total. The van der Waals surface area contributed by atoms with Crippen molar-refractivity contribution in [3.63, 3.8) is 0 Å². The highest BCUT2D eigenvalue weighted by molar-refractivity contribution is 7.92. The average Bonchev–Trinajstić information content (AvgIpc) is 3.07. The van der Waals surface area contributed by atoms with E-state index in [2.05, 4.69) is 5.32 Å². The van der Waals surface area contributed by atoms with Crippen molar-refractivity contribution < 1.29 is 22.7 Å². The number of unbranched alkanes of at least 4 members (excludes halogenated alkanes) is 1. The number of carbonyl (C=O) groups is 2. The second kappa shape index (κ2) is 16.5. The van der Waals surface area contributed by atoms with E-state index in [0.29, 0.717) is 27.9 Å². The summed E-state index contributed by atoms with van der Waals surface area (Å²) in [5.74, 6) is -0.456. The fourth-order valence-corrected chi connectivity index (χ4v) is 6.86. The number of hydrogen-bond donors (Lipinski definition) is 1. The van der Waals surface area contributed by atoms with Crippen molar-refractivity contribution in [2.24, 2.45) is 0 Å². The number of ether oxygens (including phenoxy) is 1. The van der Waals surface area contributed by atoms with Gasteiger partial charge in [0.25, 0.3) is 10.0 Å². The van der Waals surface area contributed by atoms with Gasteiger partial charge >= 0.3 is 0 Å². The molecule has 4 rings (SSSR count). The summed E-state index contributed by atoms with van der Waals surface area (Å²) in [6.45, 7) is 1.72. The summed E-state index contributed by atoms with van der Waals surface area (Å²) in [7, 11) is -2.71. The lowest BCUT2D eigenvalue weighted by atomic mass is 10.0. The predicted octanol–water partition coefficient (Wildman–Crippen LogP) is 6.75. The van der Waals surface area contributed by atoms with Crippen molar-refractivity contribution in [3.05, 3.63) is 124 Å². The lowest BCUT2D eigenvalue weighted by molar-refractivity contribution is -0.140. The first-order valence-electron chi connectivity index (χ1n) is 14.9. The molecule has 0 saturated heterocycles. The summed E-state index contributed by atoms with van der Waals surface area (Å²) in [5, 5.41) is 3.60. The number of halogens is 2. The summed E-state index contributed by atoms with van der Waals surface area (Å²) < 4.78 is 34.5. The Hall–Kier alpha value is -4.05. The second-order valence-electron chi connectivity index (χ2n) is 10.6. The van der Waals surface area contributed by atoms with Crippen molar-refractivity contribution >= 4 is 50.7 Å². The smallest absolute Gasteiger partial charge is 0.264 e. The van der Waals surface area contributed by atoms with Gasteiger partial charge in [-0.3, -0.25) is 13.9 Å². The molecule has 2 amide bonds. The van der Waals surface area contributed by atoms with E-state index < -0.39 is 28.5 Å². The molecule has 0 bridgehead atoms. The normalized spacial score (nSPS) is 11.8. The van der Waals surface area contributed by atoms with E-state index in [4.69, 9.17) is 27.9 Å². The molecule has 0 aliphatic heterocycles. The number of amides is 2. The number of nitrogens with one attached hydrogen (secondary N) is 1. The first kappa shape index (κ1) is 34.8. The molecule has 8 nitrogen and oxygen atoms in total. The minimum Gasteiger partial charge on any atom is -0.497 e. The zero-order chi connectivity index (χ0) is 33.1. The third-order valence-electron chi connectivity index (χ3n) is 7.46. The molecule has 0 aromatic heterocycles. The maximum absolute atomic E-state index is 14.6. The molecule has 0 heterocycles. The molecule has 0 fully saturated rings. The zero-order valence-corrected chi connectivity index (χ0v) is 28.1. The van der Waals surface area contributed by atoms with Gasteiger partial charge in [0.05, 0.1) is 17.7 Å². The number of nitrogens with zero attached hydrogens (tertiary/aromatic N) is 2. The molecule has 46 heavy (non-hydrogen) atoms. The molecule has 242 valence electrons. The van der Waals surface area contributed by atoms with E-state index in [-0.39, 0.29) is 29.5 Å². The highest BCUT2D eigenvalue weighted by atomic mass is 35.5. The lowest BCUT2D eigenvalue weighted by Crippen LogP contribution is -2.53. The molecule has 1 unspecified atom stereocenters. The highest BCUT2D eigenvalue weighted by Gasteiger charge is 2.35. The number of benzene rings is 4.